The molecule has 0 atom stereocenters. The van der Waals surface area contributed by atoms with E-state index >= 15 is 0 Å². The zero-order valence-corrected chi connectivity index (χ0v) is 9.05. The lowest BCUT2D eigenvalue weighted by Gasteiger charge is -2.23. The van der Waals surface area contributed by atoms with Gasteiger partial charge in [0.05, 0.1) is 0 Å². The maximum absolute atomic E-state index is 11.6. The fourth-order valence-electron chi connectivity index (χ4n) is 1.93. The van der Waals surface area contributed by atoms with E-state index in [2.05, 4.69) is 34.6 Å². The van der Waals surface area contributed by atoms with Crippen LogP contribution in [0.2, 0.25) is 0 Å². The largest absolute Gasteiger partial charge is 0.299 e. The zero-order valence-electron chi connectivity index (χ0n) is 9.05. The van der Waals surface area contributed by atoms with Gasteiger partial charge in [0, 0.05) is 12.3 Å². The number of carbonyl (C=O) groups excluding carboxylic acids is 1. The summed E-state index contributed by atoms with van der Waals surface area (Å²) in [5.74, 6) is 1.69. The highest BCUT2D eigenvalue weighted by Gasteiger charge is 2.23. The van der Waals surface area contributed by atoms with E-state index in [4.69, 9.17) is 0 Å². The van der Waals surface area contributed by atoms with Crippen LogP contribution in [0.4, 0.5) is 0 Å². The number of rotatable bonds is 5. The molecule has 0 aromatic carbocycles. The summed E-state index contributed by atoms with van der Waals surface area (Å²) in [4.78, 5) is 11.6. The molecule has 12 heavy (non-hydrogen) atoms. The van der Waals surface area contributed by atoms with Gasteiger partial charge in [0.2, 0.25) is 0 Å². The highest BCUT2D eigenvalue weighted by molar-refractivity contribution is 5.81. The number of hydrogen-bond acceptors (Lipinski definition) is 1. The normalized spacial score (nSPS) is 11.7. The van der Waals surface area contributed by atoms with Crippen LogP contribution in [0, 0.1) is 17.8 Å². The fraction of sp³-hybridized carbons (Fsp3) is 0.909. The molecule has 1 nitrogen and oxygen atoms in total. The smallest absolute Gasteiger partial charge is 0.136 e. The molecule has 0 aliphatic heterocycles. The van der Waals surface area contributed by atoms with Gasteiger partial charge in [0.25, 0.3) is 0 Å². The predicted octanol–water partition coefficient (Wildman–Crippen LogP) is 3.28. The van der Waals surface area contributed by atoms with E-state index in [1.807, 2.05) is 0 Å². The van der Waals surface area contributed by atoms with Crippen molar-refractivity contribution < 1.29 is 4.79 Å². The predicted molar refractivity (Wildman–Crippen MR) is 53.1 cm³/mol. The summed E-state index contributed by atoms with van der Waals surface area (Å²) in [5.41, 5.74) is 0. The standard InChI is InChI=1S/C11H22O/c1-6-7-10(12)11(8(2)3)9(4)5/h8-9,11H,6-7H2,1-5H3. The van der Waals surface area contributed by atoms with Crippen LogP contribution in [0.25, 0.3) is 0 Å². The molecule has 1 heteroatoms. The third-order valence-electron chi connectivity index (χ3n) is 2.30. The minimum absolute atomic E-state index is 0.268. The van der Waals surface area contributed by atoms with Crippen molar-refractivity contribution in [3.8, 4) is 0 Å². The van der Waals surface area contributed by atoms with Gasteiger partial charge in [-0.25, -0.2) is 0 Å². The summed E-state index contributed by atoms with van der Waals surface area (Å²) in [7, 11) is 0. The number of ketones is 1. The van der Waals surface area contributed by atoms with Crippen molar-refractivity contribution in [3.05, 3.63) is 0 Å². The van der Waals surface area contributed by atoms with Crippen LogP contribution in [0.3, 0.4) is 0 Å². The molecule has 72 valence electrons. The molecular weight excluding hydrogens is 148 g/mol. The Morgan fingerprint density at radius 1 is 1.08 bits per heavy atom. The first-order valence-electron chi connectivity index (χ1n) is 5.03. The van der Waals surface area contributed by atoms with Gasteiger partial charge in [-0.3, -0.25) is 4.79 Å². The van der Waals surface area contributed by atoms with Crippen molar-refractivity contribution in [1.29, 1.82) is 0 Å². The summed E-state index contributed by atoms with van der Waals surface area (Å²) >= 11 is 0. The maximum Gasteiger partial charge on any atom is 0.136 e. The molecule has 0 saturated heterocycles. The first kappa shape index (κ1) is 11.7. The lowest BCUT2D eigenvalue weighted by atomic mass is 9.81. The molecule has 0 aromatic heterocycles. The summed E-state index contributed by atoms with van der Waals surface area (Å²) in [6, 6.07) is 0. The molecule has 0 aromatic rings. The van der Waals surface area contributed by atoms with Gasteiger partial charge in [-0.1, -0.05) is 34.6 Å². The second kappa shape index (κ2) is 5.34. The quantitative estimate of drug-likeness (QED) is 0.619. The van der Waals surface area contributed by atoms with E-state index in [1.165, 1.54) is 0 Å². The Balaban J connectivity index is 4.20. The third kappa shape index (κ3) is 3.38. The minimum Gasteiger partial charge on any atom is -0.299 e. The Kier molecular flexibility index (Phi) is 5.19. The molecular formula is C11H22O. The highest BCUT2D eigenvalue weighted by atomic mass is 16.1. The van der Waals surface area contributed by atoms with Gasteiger partial charge < -0.3 is 0 Å². The first-order chi connectivity index (χ1) is 5.50. The molecule has 0 saturated carbocycles. The van der Waals surface area contributed by atoms with Crippen LogP contribution in [0.1, 0.15) is 47.5 Å². The monoisotopic (exact) mass is 170 g/mol. The first-order valence-corrected chi connectivity index (χ1v) is 5.03. The number of hydrogen-bond donors (Lipinski definition) is 0. The highest BCUT2D eigenvalue weighted by Crippen LogP contribution is 2.23. The molecule has 0 aliphatic carbocycles. The van der Waals surface area contributed by atoms with Crippen LogP contribution in [0.15, 0.2) is 0 Å². The Labute approximate surface area is 76.6 Å². The lowest BCUT2D eigenvalue weighted by Crippen LogP contribution is -2.25. The van der Waals surface area contributed by atoms with Crippen LogP contribution < -0.4 is 0 Å². The van der Waals surface area contributed by atoms with Gasteiger partial charge >= 0.3 is 0 Å². The molecule has 0 N–H and O–H groups in total. The van der Waals surface area contributed by atoms with Crippen molar-refractivity contribution in [2.45, 2.75) is 47.5 Å². The van der Waals surface area contributed by atoms with Gasteiger partial charge in [0.1, 0.15) is 5.78 Å². The average Bonchev–Trinajstić information content (AvgIpc) is 1.85. The van der Waals surface area contributed by atoms with E-state index < -0.39 is 0 Å². The lowest BCUT2D eigenvalue weighted by molar-refractivity contribution is -0.125. The molecule has 0 spiro atoms. The van der Waals surface area contributed by atoms with Crippen molar-refractivity contribution in [2.24, 2.45) is 17.8 Å². The minimum atomic E-state index is 0.268. The van der Waals surface area contributed by atoms with Crippen molar-refractivity contribution in [3.63, 3.8) is 0 Å². The third-order valence-corrected chi connectivity index (χ3v) is 2.30. The van der Waals surface area contributed by atoms with Crippen molar-refractivity contribution >= 4 is 5.78 Å². The molecule has 0 aliphatic rings. The van der Waals surface area contributed by atoms with Crippen molar-refractivity contribution in [1.82, 2.24) is 0 Å². The van der Waals surface area contributed by atoms with Gasteiger partial charge in [-0.15, -0.1) is 0 Å². The Bertz CT molecular complexity index is 128. The second-order valence-corrected chi connectivity index (χ2v) is 4.23. The topological polar surface area (TPSA) is 17.1 Å². The SMILES string of the molecule is CCCC(=O)C(C(C)C)C(C)C. The molecule has 0 fully saturated rings. The van der Waals surface area contributed by atoms with Crippen molar-refractivity contribution in [2.75, 3.05) is 0 Å². The molecule has 0 radical (unpaired) electrons. The van der Waals surface area contributed by atoms with Crippen LogP contribution in [-0.2, 0) is 4.79 Å². The molecule has 0 amide bonds. The Hall–Kier alpha value is -0.330. The maximum atomic E-state index is 11.6. The number of carbonyl (C=O) groups is 1. The summed E-state index contributed by atoms with van der Waals surface area (Å²) in [6.07, 6.45) is 1.73. The summed E-state index contributed by atoms with van der Waals surface area (Å²) in [6.45, 7) is 10.6. The molecule has 0 bridgehead atoms. The summed E-state index contributed by atoms with van der Waals surface area (Å²) in [5, 5.41) is 0. The van der Waals surface area contributed by atoms with E-state index in [1.54, 1.807) is 0 Å². The number of Topliss-reactive ketones (excluding diaryl/α,β-unsaturated/α-hetero) is 1. The van der Waals surface area contributed by atoms with Crippen LogP contribution in [-0.4, -0.2) is 5.78 Å². The van der Waals surface area contributed by atoms with E-state index in [0.29, 0.717) is 17.6 Å². The van der Waals surface area contributed by atoms with Gasteiger partial charge in [-0.05, 0) is 18.3 Å². The van der Waals surface area contributed by atoms with E-state index in [0.717, 1.165) is 12.8 Å². The summed E-state index contributed by atoms with van der Waals surface area (Å²) < 4.78 is 0. The van der Waals surface area contributed by atoms with Crippen LogP contribution in [0.5, 0.6) is 0 Å². The van der Waals surface area contributed by atoms with Gasteiger partial charge in [-0.2, -0.15) is 0 Å². The Morgan fingerprint density at radius 2 is 1.50 bits per heavy atom. The zero-order chi connectivity index (χ0) is 9.72. The molecule has 0 unspecified atom stereocenters. The van der Waals surface area contributed by atoms with E-state index in [-0.39, 0.29) is 5.92 Å². The van der Waals surface area contributed by atoms with Gasteiger partial charge in [0.15, 0.2) is 0 Å². The second-order valence-electron chi connectivity index (χ2n) is 4.23. The Morgan fingerprint density at radius 3 is 1.75 bits per heavy atom. The molecule has 0 rings (SSSR count). The average molecular weight is 170 g/mol. The molecule has 0 heterocycles. The van der Waals surface area contributed by atoms with Crippen LogP contribution >= 0.6 is 0 Å². The fourth-order valence-corrected chi connectivity index (χ4v) is 1.93. The van der Waals surface area contributed by atoms with E-state index in [9.17, 15) is 4.79 Å².